The Balaban J connectivity index is 2.65. The second-order valence-electron chi connectivity index (χ2n) is 4.94. The maximum atomic E-state index is 6.29. The summed E-state index contributed by atoms with van der Waals surface area (Å²) in [7, 11) is 1.69. The van der Waals surface area contributed by atoms with Gasteiger partial charge in [-0.05, 0) is 42.5 Å². The van der Waals surface area contributed by atoms with Gasteiger partial charge in [-0.3, -0.25) is 0 Å². The molecule has 2 nitrogen and oxygen atoms in total. The fraction of sp³-hybridized carbons (Fsp3) is 0.600. The van der Waals surface area contributed by atoms with Crippen molar-refractivity contribution in [2.75, 3.05) is 7.11 Å². The SMILES string of the molecule is CCCCC(C)C(N)Cc1cc(OC)ccc1Br. The summed E-state index contributed by atoms with van der Waals surface area (Å²) in [5.41, 5.74) is 7.52. The molecule has 0 aliphatic carbocycles. The second-order valence-corrected chi connectivity index (χ2v) is 5.80. The summed E-state index contributed by atoms with van der Waals surface area (Å²) in [5, 5.41) is 0. The third-order valence-electron chi connectivity index (χ3n) is 3.45. The van der Waals surface area contributed by atoms with E-state index < -0.39 is 0 Å². The largest absolute Gasteiger partial charge is 0.497 e. The van der Waals surface area contributed by atoms with Crippen LogP contribution in [0.4, 0.5) is 0 Å². The lowest BCUT2D eigenvalue weighted by atomic mass is 9.91. The zero-order valence-electron chi connectivity index (χ0n) is 11.6. The number of ether oxygens (including phenoxy) is 1. The highest BCUT2D eigenvalue weighted by molar-refractivity contribution is 9.10. The number of unbranched alkanes of at least 4 members (excludes halogenated alkanes) is 1. The molecule has 0 heterocycles. The van der Waals surface area contributed by atoms with E-state index in [1.165, 1.54) is 24.8 Å². The molecule has 1 aromatic carbocycles. The van der Waals surface area contributed by atoms with Crippen molar-refractivity contribution < 1.29 is 4.74 Å². The quantitative estimate of drug-likeness (QED) is 0.820. The smallest absolute Gasteiger partial charge is 0.119 e. The number of benzene rings is 1. The van der Waals surface area contributed by atoms with Crippen LogP contribution in [0.5, 0.6) is 5.75 Å². The van der Waals surface area contributed by atoms with Crippen molar-refractivity contribution >= 4 is 15.9 Å². The van der Waals surface area contributed by atoms with E-state index in [-0.39, 0.29) is 6.04 Å². The average molecular weight is 314 g/mol. The van der Waals surface area contributed by atoms with E-state index in [2.05, 4.69) is 35.8 Å². The number of hydrogen-bond acceptors (Lipinski definition) is 2. The predicted octanol–water partition coefficient (Wildman–Crippen LogP) is 4.15. The maximum absolute atomic E-state index is 6.29. The molecule has 102 valence electrons. The number of hydrogen-bond donors (Lipinski definition) is 1. The number of nitrogens with two attached hydrogens (primary N) is 1. The van der Waals surface area contributed by atoms with Gasteiger partial charge in [0.25, 0.3) is 0 Å². The van der Waals surface area contributed by atoms with E-state index in [0.717, 1.165) is 16.6 Å². The minimum Gasteiger partial charge on any atom is -0.497 e. The molecule has 0 aliphatic rings. The third kappa shape index (κ3) is 4.62. The summed E-state index contributed by atoms with van der Waals surface area (Å²) < 4.78 is 6.37. The molecular formula is C15H24BrNO. The highest BCUT2D eigenvalue weighted by Gasteiger charge is 2.14. The zero-order chi connectivity index (χ0) is 13.5. The molecule has 2 atom stereocenters. The first-order chi connectivity index (χ1) is 8.58. The van der Waals surface area contributed by atoms with Crippen molar-refractivity contribution in [3.8, 4) is 5.75 Å². The lowest BCUT2D eigenvalue weighted by molar-refractivity contribution is 0.404. The number of methoxy groups -OCH3 is 1. The summed E-state index contributed by atoms with van der Waals surface area (Å²) in [6.45, 7) is 4.46. The average Bonchev–Trinajstić information content (AvgIpc) is 2.38. The fourth-order valence-electron chi connectivity index (χ4n) is 2.03. The maximum Gasteiger partial charge on any atom is 0.119 e. The van der Waals surface area contributed by atoms with Crippen molar-refractivity contribution in [3.05, 3.63) is 28.2 Å². The first-order valence-electron chi connectivity index (χ1n) is 6.66. The van der Waals surface area contributed by atoms with Crippen molar-refractivity contribution in [2.24, 2.45) is 11.7 Å². The van der Waals surface area contributed by atoms with Gasteiger partial charge in [-0.1, -0.05) is 42.6 Å². The second kappa shape index (κ2) is 7.80. The molecule has 0 radical (unpaired) electrons. The minimum atomic E-state index is 0.208. The van der Waals surface area contributed by atoms with Crippen LogP contribution >= 0.6 is 15.9 Å². The molecular weight excluding hydrogens is 290 g/mol. The molecule has 3 heteroatoms. The van der Waals surface area contributed by atoms with Crippen molar-refractivity contribution in [1.29, 1.82) is 0 Å². The van der Waals surface area contributed by atoms with Crippen LogP contribution in [0.2, 0.25) is 0 Å². The van der Waals surface area contributed by atoms with E-state index in [9.17, 15) is 0 Å². The van der Waals surface area contributed by atoms with Crippen LogP contribution in [-0.4, -0.2) is 13.2 Å². The van der Waals surface area contributed by atoms with Crippen LogP contribution in [0.1, 0.15) is 38.7 Å². The van der Waals surface area contributed by atoms with Gasteiger partial charge in [-0.15, -0.1) is 0 Å². The van der Waals surface area contributed by atoms with Crippen LogP contribution in [0.3, 0.4) is 0 Å². The topological polar surface area (TPSA) is 35.2 Å². The molecule has 0 saturated carbocycles. The molecule has 1 aromatic rings. The van der Waals surface area contributed by atoms with Crippen molar-refractivity contribution in [3.63, 3.8) is 0 Å². The molecule has 1 rings (SSSR count). The van der Waals surface area contributed by atoms with Crippen LogP contribution in [0.15, 0.2) is 22.7 Å². The molecule has 0 bridgehead atoms. The van der Waals surface area contributed by atoms with Gasteiger partial charge in [-0.2, -0.15) is 0 Å². The van der Waals surface area contributed by atoms with Crippen LogP contribution in [0, 0.1) is 5.92 Å². The monoisotopic (exact) mass is 313 g/mol. The Labute approximate surface area is 119 Å². The summed E-state index contributed by atoms with van der Waals surface area (Å²) in [6, 6.07) is 6.26. The van der Waals surface area contributed by atoms with Crippen LogP contribution in [-0.2, 0) is 6.42 Å². The lowest BCUT2D eigenvalue weighted by Gasteiger charge is -2.20. The normalized spacial score (nSPS) is 14.3. The zero-order valence-corrected chi connectivity index (χ0v) is 13.2. The first-order valence-corrected chi connectivity index (χ1v) is 7.45. The molecule has 0 fully saturated rings. The molecule has 2 unspecified atom stereocenters. The van der Waals surface area contributed by atoms with Gasteiger partial charge in [-0.25, -0.2) is 0 Å². The Morgan fingerprint density at radius 2 is 2.11 bits per heavy atom. The van der Waals surface area contributed by atoms with E-state index in [4.69, 9.17) is 10.5 Å². The first kappa shape index (κ1) is 15.5. The van der Waals surface area contributed by atoms with Gasteiger partial charge < -0.3 is 10.5 Å². The van der Waals surface area contributed by atoms with Gasteiger partial charge in [0.05, 0.1) is 7.11 Å². The van der Waals surface area contributed by atoms with Crippen LogP contribution < -0.4 is 10.5 Å². The molecule has 0 aromatic heterocycles. The van der Waals surface area contributed by atoms with Gasteiger partial charge in [0.2, 0.25) is 0 Å². The Bertz CT molecular complexity index is 368. The Hall–Kier alpha value is -0.540. The Morgan fingerprint density at radius 3 is 2.72 bits per heavy atom. The standard InChI is InChI=1S/C15H24BrNO/c1-4-5-6-11(2)15(17)10-12-9-13(18-3)7-8-14(12)16/h7-9,11,15H,4-6,10,17H2,1-3H3. The lowest BCUT2D eigenvalue weighted by Crippen LogP contribution is -2.30. The molecule has 0 spiro atoms. The Kier molecular flexibility index (Phi) is 6.72. The summed E-state index contributed by atoms with van der Waals surface area (Å²) in [4.78, 5) is 0. The minimum absolute atomic E-state index is 0.208. The predicted molar refractivity (Wildman–Crippen MR) is 81.1 cm³/mol. The van der Waals surface area contributed by atoms with Gasteiger partial charge in [0.1, 0.15) is 5.75 Å². The van der Waals surface area contributed by atoms with E-state index >= 15 is 0 Å². The fourth-order valence-corrected chi connectivity index (χ4v) is 2.44. The Morgan fingerprint density at radius 1 is 1.39 bits per heavy atom. The number of rotatable bonds is 7. The molecule has 0 amide bonds. The van der Waals surface area contributed by atoms with Crippen molar-refractivity contribution in [1.82, 2.24) is 0 Å². The highest BCUT2D eigenvalue weighted by atomic mass is 79.9. The van der Waals surface area contributed by atoms with Crippen molar-refractivity contribution in [2.45, 2.75) is 45.6 Å². The molecule has 18 heavy (non-hydrogen) atoms. The van der Waals surface area contributed by atoms with E-state index in [0.29, 0.717) is 5.92 Å². The van der Waals surface area contributed by atoms with Gasteiger partial charge in [0, 0.05) is 10.5 Å². The molecule has 0 aliphatic heterocycles. The summed E-state index contributed by atoms with van der Waals surface area (Å²) in [6.07, 6.45) is 4.59. The molecule has 0 saturated heterocycles. The van der Waals surface area contributed by atoms with Gasteiger partial charge in [0.15, 0.2) is 0 Å². The molecule has 2 N–H and O–H groups in total. The summed E-state index contributed by atoms with van der Waals surface area (Å²) in [5.74, 6) is 1.45. The highest BCUT2D eigenvalue weighted by Crippen LogP contribution is 2.25. The number of halogens is 1. The van der Waals surface area contributed by atoms with E-state index in [1.807, 2.05) is 12.1 Å². The van der Waals surface area contributed by atoms with Gasteiger partial charge >= 0.3 is 0 Å². The summed E-state index contributed by atoms with van der Waals surface area (Å²) >= 11 is 3.58. The third-order valence-corrected chi connectivity index (χ3v) is 4.23. The van der Waals surface area contributed by atoms with Crippen LogP contribution in [0.25, 0.3) is 0 Å². The van der Waals surface area contributed by atoms with E-state index in [1.54, 1.807) is 7.11 Å².